The van der Waals surface area contributed by atoms with E-state index in [-0.39, 0.29) is 11.9 Å². The van der Waals surface area contributed by atoms with Crippen LogP contribution in [0.4, 0.5) is 0 Å². The van der Waals surface area contributed by atoms with E-state index in [1.165, 1.54) is 11.1 Å². The molecule has 3 aromatic rings. The molecule has 1 fully saturated rings. The molecule has 0 unspecified atom stereocenters. The van der Waals surface area contributed by atoms with Crippen LogP contribution in [-0.2, 0) is 7.05 Å². The molecular formula is C24H28N4O. The molecule has 0 atom stereocenters. The molecule has 0 aliphatic carbocycles. The minimum Gasteiger partial charge on any atom is -0.336 e. The molecule has 1 aliphatic rings. The first-order valence-corrected chi connectivity index (χ1v) is 10.2. The van der Waals surface area contributed by atoms with E-state index in [0.717, 1.165) is 43.1 Å². The Bertz CT molecular complexity index is 933. The monoisotopic (exact) mass is 388 g/mol. The maximum atomic E-state index is 13.1. The van der Waals surface area contributed by atoms with Gasteiger partial charge in [0.25, 0.3) is 5.91 Å². The number of rotatable bonds is 4. The summed E-state index contributed by atoms with van der Waals surface area (Å²) >= 11 is 0. The summed E-state index contributed by atoms with van der Waals surface area (Å²) in [6.07, 6.45) is 0. The minimum atomic E-state index is 0.101. The van der Waals surface area contributed by atoms with Crippen molar-refractivity contribution in [2.24, 2.45) is 7.05 Å². The van der Waals surface area contributed by atoms with Crippen molar-refractivity contribution in [1.82, 2.24) is 19.6 Å². The maximum absolute atomic E-state index is 13.1. The highest BCUT2D eigenvalue weighted by atomic mass is 16.2. The quantitative estimate of drug-likeness (QED) is 0.686. The maximum Gasteiger partial charge on any atom is 0.257 e. The van der Waals surface area contributed by atoms with Crippen molar-refractivity contribution in [1.29, 1.82) is 0 Å². The minimum absolute atomic E-state index is 0.101. The summed E-state index contributed by atoms with van der Waals surface area (Å²) < 4.78 is 1.79. The van der Waals surface area contributed by atoms with Crippen LogP contribution in [-0.4, -0.2) is 51.7 Å². The Kier molecular flexibility index (Phi) is 5.49. The summed E-state index contributed by atoms with van der Waals surface area (Å²) in [5.74, 6) is 0.101. The van der Waals surface area contributed by atoms with Crippen LogP contribution in [0.2, 0.25) is 0 Å². The van der Waals surface area contributed by atoms with E-state index in [1.54, 1.807) is 4.68 Å². The molecule has 2 heterocycles. The fraction of sp³-hybridized carbons (Fsp3) is 0.333. The summed E-state index contributed by atoms with van der Waals surface area (Å²) in [6.45, 7) is 7.02. The second-order valence-electron chi connectivity index (χ2n) is 7.72. The van der Waals surface area contributed by atoms with Crippen LogP contribution in [0, 0.1) is 13.8 Å². The van der Waals surface area contributed by atoms with E-state index in [1.807, 2.05) is 25.8 Å². The van der Waals surface area contributed by atoms with Gasteiger partial charge < -0.3 is 4.90 Å². The Hall–Kier alpha value is -2.92. The first-order chi connectivity index (χ1) is 14.1. The van der Waals surface area contributed by atoms with E-state index < -0.39 is 0 Å². The second-order valence-corrected chi connectivity index (χ2v) is 7.72. The molecule has 5 nitrogen and oxygen atoms in total. The number of nitrogens with zero attached hydrogens (tertiary/aromatic N) is 4. The Morgan fingerprint density at radius 1 is 0.862 bits per heavy atom. The topological polar surface area (TPSA) is 41.4 Å². The molecule has 1 aromatic heterocycles. The van der Waals surface area contributed by atoms with Crippen LogP contribution in [0.3, 0.4) is 0 Å². The lowest BCUT2D eigenvalue weighted by atomic mass is 9.96. The van der Waals surface area contributed by atoms with Gasteiger partial charge in [0.2, 0.25) is 0 Å². The molecule has 5 heteroatoms. The third-order valence-electron chi connectivity index (χ3n) is 5.92. The molecule has 150 valence electrons. The van der Waals surface area contributed by atoms with Gasteiger partial charge in [0.05, 0.1) is 17.3 Å². The lowest BCUT2D eigenvalue weighted by Crippen LogP contribution is -2.50. The van der Waals surface area contributed by atoms with Crippen LogP contribution in [0.15, 0.2) is 60.7 Å². The number of carbonyl (C=O) groups is 1. The normalized spacial score (nSPS) is 15.1. The Labute approximate surface area is 172 Å². The molecule has 0 radical (unpaired) electrons. The van der Waals surface area contributed by atoms with E-state index in [9.17, 15) is 4.79 Å². The number of hydrogen-bond donors (Lipinski definition) is 0. The molecule has 1 saturated heterocycles. The number of aromatic nitrogens is 2. The van der Waals surface area contributed by atoms with Crippen LogP contribution >= 0.6 is 0 Å². The van der Waals surface area contributed by atoms with Crippen molar-refractivity contribution in [3.63, 3.8) is 0 Å². The molecule has 0 saturated carbocycles. The average Bonchev–Trinajstić information content (AvgIpc) is 3.01. The van der Waals surface area contributed by atoms with Gasteiger partial charge in [-0.2, -0.15) is 5.10 Å². The lowest BCUT2D eigenvalue weighted by molar-refractivity contribution is 0.0596. The van der Waals surface area contributed by atoms with Crippen molar-refractivity contribution in [2.75, 3.05) is 26.2 Å². The van der Waals surface area contributed by atoms with Crippen LogP contribution in [0.25, 0.3) is 0 Å². The molecule has 1 amide bonds. The van der Waals surface area contributed by atoms with Gasteiger partial charge in [-0.1, -0.05) is 60.7 Å². The summed E-state index contributed by atoms with van der Waals surface area (Å²) in [6, 6.07) is 21.5. The Morgan fingerprint density at radius 3 is 1.83 bits per heavy atom. The summed E-state index contributed by atoms with van der Waals surface area (Å²) in [7, 11) is 1.89. The van der Waals surface area contributed by atoms with E-state index in [2.05, 4.69) is 70.7 Å². The Balaban J connectivity index is 1.53. The molecular weight excluding hydrogens is 360 g/mol. The highest BCUT2D eigenvalue weighted by Crippen LogP contribution is 2.29. The standard InChI is InChI=1S/C24H28N4O/c1-18-22(19(2)26(3)25-18)24(29)28-16-14-27(15-17-28)23(20-10-6-4-7-11-20)21-12-8-5-9-13-21/h4-13,23H,14-17H2,1-3H3. The first-order valence-electron chi connectivity index (χ1n) is 10.2. The number of piperazine rings is 1. The number of benzene rings is 2. The van der Waals surface area contributed by atoms with Gasteiger partial charge in [0, 0.05) is 38.9 Å². The zero-order chi connectivity index (χ0) is 20.4. The zero-order valence-corrected chi connectivity index (χ0v) is 17.4. The fourth-order valence-electron chi connectivity index (χ4n) is 4.31. The highest BCUT2D eigenvalue weighted by molar-refractivity contribution is 5.96. The van der Waals surface area contributed by atoms with Crippen LogP contribution in [0.5, 0.6) is 0 Å². The highest BCUT2D eigenvalue weighted by Gasteiger charge is 2.30. The van der Waals surface area contributed by atoms with Gasteiger partial charge in [-0.3, -0.25) is 14.4 Å². The smallest absolute Gasteiger partial charge is 0.257 e. The van der Waals surface area contributed by atoms with E-state index >= 15 is 0 Å². The molecule has 0 spiro atoms. The van der Waals surface area contributed by atoms with Gasteiger partial charge in [-0.15, -0.1) is 0 Å². The third-order valence-corrected chi connectivity index (χ3v) is 5.92. The number of amides is 1. The molecule has 0 bridgehead atoms. The summed E-state index contributed by atoms with van der Waals surface area (Å²) in [4.78, 5) is 17.6. The van der Waals surface area contributed by atoms with E-state index in [4.69, 9.17) is 0 Å². The number of hydrogen-bond acceptors (Lipinski definition) is 3. The molecule has 29 heavy (non-hydrogen) atoms. The number of aryl methyl sites for hydroxylation is 2. The predicted octanol–water partition coefficient (Wildman–Crippen LogP) is 3.58. The van der Waals surface area contributed by atoms with Crippen molar-refractivity contribution >= 4 is 5.91 Å². The number of carbonyl (C=O) groups excluding carboxylic acids is 1. The van der Waals surface area contributed by atoms with Gasteiger partial charge in [0.15, 0.2) is 0 Å². The predicted molar refractivity (Wildman–Crippen MR) is 115 cm³/mol. The molecule has 4 rings (SSSR count). The van der Waals surface area contributed by atoms with Crippen molar-refractivity contribution < 1.29 is 4.79 Å². The SMILES string of the molecule is Cc1nn(C)c(C)c1C(=O)N1CCN(C(c2ccccc2)c2ccccc2)CC1. The van der Waals surface area contributed by atoms with Gasteiger partial charge in [-0.05, 0) is 25.0 Å². The fourth-order valence-corrected chi connectivity index (χ4v) is 4.31. The van der Waals surface area contributed by atoms with Crippen molar-refractivity contribution in [3.8, 4) is 0 Å². The average molecular weight is 389 g/mol. The van der Waals surface area contributed by atoms with Crippen molar-refractivity contribution in [2.45, 2.75) is 19.9 Å². The zero-order valence-electron chi connectivity index (χ0n) is 17.4. The van der Waals surface area contributed by atoms with Crippen LogP contribution < -0.4 is 0 Å². The van der Waals surface area contributed by atoms with Gasteiger partial charge >= 0.3 is 0 Å². The van der Waals surface area contributed by atoms with Gasteiger partial charge in [0.1, 0.15) is 0 Å². The molecule has 0 N–H and O–H groups in total. The van der Waals surface area contributed by atoms with Crippen molar-refractivity contribution in [3.05, 3.63) is 88.7 Å². The second kappa shape index (κ2) is 8.21. The largest absolute Gasteiger partial charge is 0.336 e. The summed E-state index contributed by atoms with van der Waals surface area (Å²) in [5.41, 5.74) is 5.07. The lowest BCUT2D eigenvalue weighted by Gasteiger charge is -2.39. The first kappa shape index (κ1) is 19.4. The summed E-state index contributed by atoms with van der Waals surface area (Å²) in [5, 5.41) is 4.41. The molecule has 1 aliphatic heterocycles. The van der Waals surface area contributed by atoms with Gasteiger partial charge in [-0.25, -0.2) is 0 Å². The Morgan fingerprint density at radius 2 is 1.38 bits per heavy atom. The third kappa shape index (κ3) is 3.83. The van der Waals surface area contributed by atoms with E-state index in [0.29, 0.717) is 0 Å². The molecule has 2 aromatic carbocycles. The van der Waals surface area contributed by atoms with Crippen LogP contribution in [0.1, 0.15) is 38.9 Å².